The first-order chi connectivity index (χ1) is 6.24. The van der Waals surface area contributed by atoms with Crippen molar-refractivity contribution in [2.75, 3.05) is 0 Å². The zero-order chi connectivity index (χ0) is 8.79. The van der Waals surface area contributed by atoms with E-state index < -0.39 is 0 Å². The Hall–Kier alpha value is -0.590. The van der Waals surface area contributed by atoms with Crippen LogP contribution in [0.4, 0.5) is 0 Å². The lowest BCUT2D eigenvalue weighted by Gasteiger charge is -2.20. The van der Waals surface area contributed by atoms with Gasteiger partial charge in [0.15, 0.2) is 0 Å². The fourth-order valence-corrected chi connectivity index (χ4v) is 4.92. The lowest BCUT2D eigenvalue weighted by molar-refractivity contribution is -0.119. The van der Waals surface area contributed by atoms with Crippen LogP contribution >= 0.6 is 0 Å². The number of allylic oxidation sites excluding steroid dienone is 2. The topological polar surface area (TPSA) is 17.1 Å². The summed E-state index contributed by atoms with van der Waals surface area (Å²) in [4.78, 5) is 11.7. The van der Waals surface area contributed by atoms with Crippen molar-refractivity contribution in [2.45, 2.75) is 19.8 Å². The number of Topliss-reactive ketones (excluding diaryl/α,β-unsaturated/α-hetero) is 1. The van der Waals surface area contributed by atoms with Crippen molar-refractivity contribution in [3.8, 4) is 0 Å². The van der Waals surface area contributed by atoms with Gasteiger partial charge < -0.3 is 0 Å². The zero-order valence-corrected chi connectivity index (χ0v) is 7.86. The third-order valence-electron chi connectivity index (χ3n) is 5.40. The fraction of sp³-hybridized carbons (Fsp3) is 0.750. The fourth-order valence-electron chi connectivity index (χ4n) is 4.92. The summed E-state index contributed by atoms with van der Waals surface area (Å²) in [5, 5.41) is 0. The second-order valence-corrected chi connectivity index (χ2v) is 5.55. The molecule has 0 radical (unpaired) electrons. The summed E-state index contributed by atoms with van der Waals surface area (Å²) in [6.07, 6.45) is 6.89. The summed E-state index contributed by atoms with van der Waals surface area (Å²) in [5.41, 5.74) is 0.456. The van der Waals surface area contributed by atoms with E-state index in [9.17, 15) is 4.79 Å². The highest BCUT2D eigenvalue weighted by Crippen LogP contribution is 2.80. The Balaban J connectivity index is 1.87. The maximum Gasteiger partial charge on any atom is 0.137 e. The highest BCUT2D eigenvalue weighted by atomic mass is 16.1. The Morgan fingerprint density at radius 3 is 3.23 bits per heavy atom. The maximum absolute atomic E-state index is 11.7. The Kier molecular flexibility index (Phi) is 0.861. The van der Waals surface area contributed by atoms with E-state index in [2.05, 4.69) is 19.1 Å². The molecule has 0 aromatic carbocycles. The summed E-state index contributed by atoms with van der Waals surface area (Å²) >= 11 is 0. The minimum atomic E-state index is 0.456. The number of rotatable bonds is 0. The molecule has 0 N–H and O–H groups in total. The third kappa shape index (κ3) is 0.490. The van der Waals surface area contributed by atoms with Gasteiger partial charge in [-0.2, -0.15) is 0 Å². The summed E-state index contributed by atoms with van der Waals surface area (Å²) < 4.78 is 0. The van der Waals surface area contributed by atoms with E-state index >= 15 is 0 Å². The smallest absolute Gasteiger partial charge is 0.137 e. The number of carbonyl (C=O) groups excluding carboxylic acids is 1. The Morgan fingerprint density at radius 1 is 1.54 bits per heavy atom. The van der Waals surface area contributed by atoms with Crippen LogP contribution in [0.2, 0.25) is 0 Å². The van der Waals surface area contributed by atoms with E-state index in [-0.39, 0.29) is 0 Å². The molecule has 0 saturated heterocycles. The van der Waals surface area contributed by atoms with E-state index in [4.69, 9.17) is 0 Å². The monoisotopic (exact) mass is 174 g/mol. The maximum atomic E-state index is 11.7. The Morgan fingerprint density at radius 2 is 2.38 bits per heavy atom. The van der Waals surface area contributed by atoms with Gasteiger partial charge in [0.1, 0.15) is 5.78 Å². The lowest BCUT2D eigenvalue weighted by atomic mass is 9.83. The van der Waals surface area contributed by atoms with Crippen LogP contribution in [0.3, 0.4) is 0 Å². The Labute approximate surface area is 78.2 Å². The average molecular weight is 174 g/mol. The summed E-state index contributed by atoms with van der Waals surface area (Å²) in [5.74, 6) is 4.18. The van der Waals surface area contributed by atoms with Gasteiger partial charge in [0.2, 0.25) is 0 Å². The van der Waals surface area contributed by atoms with Crippen molar-refractivity contribution in [1.82, 2.24) is 0 Å². The lowest BCUT2D eigenvalue weighted by Crippen LogP contribution is -2.15. The number of fused-ring (bicyclic) bond motifs is 4. The first-order valence-corrected chi connectivity index (χ1v) is 5.44. The van der Waals surface area contributed by atoms with Crippen LogP contribution in [0.1, 0.15) is 19.8 Å². The minimum absolute atomic E-state index is 0.456. The van der Waals surface area contributed by atoms with Gasteiger partial charge in [0.25, 0.3) is 0 Å². The molecule has 3 fully saturated rings. The van der Waals surface area contributed by atoms with Crippen LogP contribution in [0.25, 0.3) is 0 Å². The molecule has 1 nitrogen and oxygen atoms in total. The van der Waals surface area contributed by atoms with Gasteiger partial charge in [-0.15, -0.1) is 0 Å². The zero-order valence-electron chi connectivity index (χ0n) is 7.86. The second-order valence-electron chi connectivity index (χ2n) is 5.55. The predicted octanol–water partition coefficient (Wildman–Crippen LogP) is 2.03. The minimum Gasteiger partial charge on any atom is -0.299 e. The van der Waals surface area contributed by atoms with Gasteiger partial charge in [0, 0.05) is 12.3 Å². The van der Waals surface area contributed by atoms with E-state index in [0.717, 1.165) is 30.1 Å². The molecule has 0 heterocycles. The molecule has 4 aliphatic carbocycles. The number of ketones is 1. The molecule has 0 bridgehead atoms. The van der Waals surface area contributed by atoms with Crippen LogP contribution in [-0.4, -0.2) is 5.78 Å². The van der Waals surface area contributed by atoms with Crippen molar-refractivity contribution in [3.05, 3.63) is 12.2 Å². The SMILES string of the molecule is C[C@@]12C3C(=O)C[C@@H]1[C@H]1CC=C[C@H]1C32. The average Bonchev–Trinajstić information content (AvgIpc) is 2.45. The molecule has 68 valence electrons. The summed E-state index contributed by atoms with van der Waals surface area (Å²) in [6, 6.07) is 0. The van der Waals surface area contributed by atoms with Gasteiger partial charge in [-0.3, -0.25) is 4.79 Å². The van der Waals surface area contributed by atoms with Crippen molar-refractivity contribution < 1.29 is 4.79 Å². The van der Waals surface area contributed by atoms with E-state index in [0.29, 0.717) is 17.1 Å². The standard InChI is InChI=1S/C12H14O/c1-12-8-5-9(13)11(12)10(12)7-4-2-3-6(7)8/h2,4,6-8,10-11H,3,5H2,1H3/t6-,7+,8+,10?,11?,12+/m0/s1. The van der Waals surface area contributed by atoms with Crippen molar-refractivity contribution in [1.29, 1.82) is 0 Å². The van der Waals surface area contributed by atoms with E-state index in [1.165, 1.54) is 6.42 Å². The van der Waals surface area contributed by atoms with E-state index in [1.54, 1.807) is 0 Å². The van der Waals surface area contributed by atoms with Gasteiger partial charge in [-0.1, -0.05) is 19.1 Å². The molecule has 0 aliphatic heterocycles. The second kappa shape index (κ2) is 1.65. The van der Waals surface area contributed by atoms with Crippen molar-refractivity contribution >= 4 is 5.78 Å². The molecule has 2 unspecified atom stereocenters. The first kappa shape index (κ1) is 6.80. The van der Waals surface area contributed by atoms with Crippen LogP contribution in [-0.2, 0) is 4.79 Å². The molecular formula is C12H14O. The van der Waals surface area contributed by atoms with Gasteiger partial charge in [-0.05, 0) is 35.5 Å². The molecule has 0 amide bonds. The van der Waals surface area contributed by atoms with Crippen LogP contribution < -0.4 is 0 Å². The number of carbonyl (C=O) groups is 1. The van der Waals surface area contributed by atoms with Crippen LogP contribution in [0, 0.1) is 35.0 Å². The molecule has 4 rings (SSSR count). The highest BCUT2D eigenvalue weighted by Gasteiger charge is 2.80. The molecule has 3 saturated carbocycles. The van der Waals surface area contributed by atoms with Crippen molar-refractivity contribution in [3.63, 3.8) is 0 Å². The number of hydrogen-bond donors (Lipinski definition) is 0. The molecule has 13 heavy (non-hydrogen) atoms. The predicted molar refractivity (Wildman–Crippen MR) is 48.9 cm³/mol. The molecule has 0 aromatic heterocycles. The van der Waals surface area contributed by atoms with Crippen LogP contribution in [0.5, 0.6) is 0 Å². The largest absolute Gasteiger partial charge is 0.299 e. The summed E-state index contributed by atoms with van der Waals surface area (Å²) in [6.45, 7) is 2.37. The molecular weight excluding hydrogens is 160 g/mol. The first-order valence-electron chi connectivity index (χ1n) is 5.44. The molecule has 4 aliphatic rings. The van der Waals surface area contributed by atoms with Crippen molar-refractivity contribution in [2.24, 2.45) is 35.0 Å². The Bertz CT molecular complexity index is 343. The quantitative estimate of drug-likeness (QED) is 0.513. The molecule has 0 aromatic rings. The molecule has 0 spiro atoms. The van der Waals surface area contributed by atoms with Crippen LogP contribution in [0.15, 0.2) is 12.2 Å². The molecule has 1 heteroatoms. The summed E-state index contributed by atoms with van der Waals surface area (Å²) in [7, 11) is 0. The van der Waals surface area contributed by atoms with Gasteiger partial charge in [-0.25, -0.2) is 0 Å². The number of hydrogen-bond acceptors (Lipinski definition) is 1. The van der Waals surface area contributed by atoms with Gasteiger partial charge >= 0.3 is 0 Å². The highest BCUT2D eigenvalue weighted by molar-refractivity contribution is 5.90. The normalized spacial score (nSPS) is 65.6. The molecule has 6 atom stereocenters. The van der Waals surface area contributed by atoms with E-state index in [1.807, 2.05) is 0 Å². The van der Waals surface area contributed by atoms with Gasteiger partial charge in [0.05, 0.1) is 0 Å². The third-order valence-corrected chi connectivity index (χ3v) is 5.40.